The number of ether oxygens (including phenoxy) is 2. The third-order valence-corrected chi connectivity index (χ3v) is 9.45. The molecule has 9 nitrogen and oxygen atoms in total. The van der Waals surface area contributed by atoms with Crippen molar-refractivity contribution in [2.24, 2.45) is 17.8 Å². The van der Waals surface area contributed by atoms with Gasteiger partial charge in [0.25, 0.3) is 6.10 Å². The van der Waals surface area contributed by atoms with Crippen LogP contribution in [0.1, 0.15) is 91.9 Å². The van der Waals surface area contributed by atoms with E-state index in [4.69, 9.17) is 9.29 Å². The third-order valence-electron chi connectivity index (χ3n) is 8.55. The van der Waals surface area contributed by atoms with Crippen molar-refractivity contribution in [2.45, 2.75) is 127 Å². The first kappa shape index (κ1) is 35.3. The highest BCUT2D eigenvalue weighted by molar-refractivity contribution is 7.86. The van der Waals surface area contributed by atoms with Crippen molar-refractivity contribution in [3.63, 3.8) is 0 Å². The zero-order valence-electron chi connectivity index (χ0n) is 23.6. The summed E-state index contributed by atoms with van der Waals surface area (Å²) in [6, 6.07) is -0.669. The molecule has 2 N–H and O–H groups in total. The van der Waals surface area contributed by atoms with Crippen LogP contribution in [0.15, 0.2) is 0 Å². The molecule has 4 unspecified atom stereocenters. The van der Waals surface area contributed by atoms with Crippen LogP contribution in [0, 0.1) is 17.8 Å². The number of nitrogens with one attached hydrogen (secondary N) is 1. The molecule has 0 amide bonds. The molecule has 41 heavy (non-hydrogen) atoms. The maximum absolute atomic E-state index is 13.9. The molecule has 2 saturated carbocycles. The molecule has 15 heteroatoms. The van der Waals surface area contributed by atoms with E-state index in [9.17, 15) is 44.8 Å². The number of carbonyl (C=O) groups is 3. The number of fused-ring (bicyclic) bond motifs is 2. The van der Waals surface area contributed by atoms with Crippen LogP contribution in [-0.2, 0) is 34.0 Å². The molecule has 2 rings (SSSR count). The molecule has 2 fully saturated rings. The summed E-state index contributed by atoms with van der Waals surface area (Å²) in [5.41, 5.74) is -2.65. The van der Waals surface area contributed by atoms with Crippen LogP contribution < -0.4 is 5.32 Å². The summed E-state index contributed by atoms with van der Waals surface area (Å²) in [5.74, 6) is -2.43. The lowest BCUT2D eigenvalue weighted by Crippen LogP contribution is -2.58. The number of alkyl halides is 5. The molecule has 0 aromatic carbocycles. The fourth-order valence-corrected chi connectivity index (χ4v) is 6.23. The van der Waals surface area contributed by atoms with Gasteiger partial charge >= 0.3 is 33.5 Å². The van der Waals surface area contributed by atoms with Gasteiger partial charge < -0.3 is 14.3 Å². The van der Waals surface area contributed by atoms with E-state index in [1.54, 1.807) is 13.8 Å². The molecule has 2 aliphatic rings. The largest absolute Gasteiger partial charge is 0.458 e. The van der Waals surface area contributed by atoms with Gasteiger partial charge in [0.1, 0.15) is 17.4 Å². The number of hydrogen-bond acceptors (Lipinski definition) is 8. The molecule has 0 aromatic heterocycles. The first-order valence-electron chi connectivity index (χ1n) is 13.8. The van der Waals surface area contributed by atoms with E-state index >= 15 is 0 Å². The molecule has 238 valence electrons. The second kappa shape index (κ2) is 13.2. The van der Waals surface area contributed by atoms with E-state index in [1.165, 1.54) is 0 Å². The van der Waals surface area contributed by atoms with Crippen molar-refractivity contribution in [1.29, 1.82) is 0 Å². The van der Waals surface area contributed by atoms with Gasteiger partial charge in [0, 0.05) is 6.42 Å². The highest BCUT2D eigenvalue weighted by Gasteiger charge is 2.66. The van der Waals surface area contributed by atoms with Crippen LogP contribution in [0.3, 0.4) is 0 Å². The lowest BCUT2D eigenvalue weighted by atomic mass is 9.64. The van der Waals surface area contributed by atoms with Crippen molar-refractivity contribution < 1.29 is 58.8 Å². The van der Waals surface area contributed by atoms with Gasteiger partial charge in [-0.2, -0.15) is 30.4 Å². The van der Waals surface area contributed by atoms with Crippen molar-refractivity contribution in [3.8, 4) is 0 Å². The Morgan fingerprint density at radius 1 is 1.12 bits per heavy atom. The van der Waals surface area contributed by atoms with Gasteiger partial charge in [-0.15, -0.1) is 0 Å². The van der Waals surface area contributed by atoms with Crippen molar-refractivity contribution in [2.75, 3.05) is 0 Å². The number of carbonyl (C=O) groups excluding carboxylic acids is 3. The van der Waals surface area contributed by atoms with E-state index in [-0.39, 0.29) is 43.4 Å². The SMILES string of the molecule is CC[C@H](C)[C@@H](C=O)NC(C)(CC)C(=O)OC1(CCC(=O)OC(C(F)(F)F)C(F)(F)S(=O)(=O)O)CC2CCCC(C2)C1. The molecule has 2 bridgehead atoms. The lowest BCUT2D eigenvalue weighted by molar-refractivity contribution is -0.259. The van der Waals surface area contributed by atoms with Crippen molar-refractivity contribution in [1.82, 2.24) is 5.32 Å². The Labute approximate surface area is 237 Å². The van der Waals surface area contributed by atoms with E-state index in [2.05, 4.69) is 10.1 Å². The zero-order valence-corrected chi connectivity index (χ0v) is 24.5. The topological polar surface area (TPSA) is 136 Å². The molecule has 0 saturated heterocycles. The lowest BCUT2D eigenvalue weighted by Gasteiger charge is -2.48. The maximum Gasteiger partial charge on any atom is 0.432 e. The van der Waals surface area contributed by atoms with Crippen molar-refractivity contribution >= 4 is 28.3 Å². The molecular formula is C26H40F5NO8S. The fraction of sp³-hybridized carbons (Fsp3) is 0.885. The summed E-state index contributed by atoms with van der Waals surface area (Å²) in [5, 5.41) is -2.79. The maximum atomic E-state index is 13.9. The normalized spacial score (nSPS) is 27.2. The Bertz CT molecular complexity index is 1040. The van der Waals surface area contributed by atoms with E-state index in [0.717, 1.165) is 25.7 Å². The summed E-state index contributed by atoms with van der Waals surface area (Å²) in [6.45, 7) is 6.99. The molecule has 6 atom stereocenters. The average Bonchev–Trinajstić information content (AvgIpc) is 2.86. The van der Waals surface area contributed by atoms with Gasteiger partial charge in [-0.25, -0.2) is 0 Å². The predicted octanol–water partition coefficient (Wildman–Crippen LogP) is 4.98. The minimum atomic E-state index is -6.58. The first-order valence-corrected chi connectivity index (χ1v) is 15.2. The van der Waals surface area contributed by atoms with Gasteiger partial charge in [0.05, 0.1) is 6.04 Å². The first-order chi connectivity index (χ1) is 18.7. The number of hydrogen-bond donors (Lipinski definition) is 2. The molecule has 0 heterocycles. The number of aldehydes is 1. The number of esters is 2. The summed E-state index contributed by atoms with van der Waals surface area (Å²) < 4.78 is 108. The van der Waals surface area contributed by atoms with Crippen LogP contribution in [-0.4, -0.2) is 65.9 Å². The standard InChI is InChI=1S/C26H40F5NO8S/c1-5-16(3)19(15-33)32-23(4,6-2)22(35)40-24(13-17-8-7-9-18(12-17)14-24)11-10-20(34)39-21(25(27,28)29)26(30,31)41(36,37)38/h15-19,21,32H,5-14H2,1-4H3,(H,36,37,38)/t16-,17?,18?,19+,21?,23?,24?/m0/s1. The van der Waals surface area contributed by atoms with Crippen LogP contribution >= 0.6 is 0 Å². The Balaban J connectivity index is 2.30. The minimum absolute atomic E-state index is 0.0989. The number of halogens is 5. The minimum Gasteiger partial charge on any atom is -0.458 e. The Morgan fingerprint density at radius 2 is 1.68 bits per heavy atom. The van der Waals surface area contributed by atoms with Gasteiger partial charge in [-0.05, 0) is 56.8 Å². The highest BCUT2D eigenvalue weighted by Crippen LogP contribution is 2.48. The zero-order chi connectivity index (χ0) is 31.4. The summed E-state index contributed by atoms with van der Waals surface area (Å²) in [6.07, 6.45) is -6.16. The van der Waals surface area contributed by atoms with Gasteiger partial charge in [0.15, 0.2) is 0 Å². The summed E-state index contributed by atoms with van der Waals surface area (Å²) in [7, 11) is -6.58. The molecule has 0 aliphatic heterocycles. The summed E-state index contributed by atoms with van der Waals surface area (Å²) >= 11 is 0. The highest BCUT2D eigenvalue weighted by atomic mass is 32.2. The van der Waals surface area contributed by atoms with E-state index in [1.807, 2.05) is 13.8 Å². The Morgan fingerprint density at radius 3 is 2.12 bits per heavy atom. The third kappa shape index (κ3) is 8.59. The molecule has 0 spiro atoms. The molecular weight excluding hydrogens is 581 g/mol. The van der Waals surface area contributed by atoms with E-state index in [0.29, 0.717) is 12.7 Å². The van der Waals surface area contributed by atoms with Gasteiger partial charge in [-0.3, -0.25) is 19.5 Å². The second-order valence-corrected chi connectivity index (χ2v) is 13.2. The van der Waals surface area contributed by atoms with E-state index < -0.39 is 63.2 Å². The van der Waals surface area contributed by atoms with Gasteiger partial charge in [0.2, 0.25) is 0 Å². The van der Waals surface area contributed by atoms with Crippen LogP contribution in [0.2, 0.25) is 0 Å². The van der Waals surface area contributed by atoms with Crippen LogP contribution in [0.5, 0.6) is 0 Å². The summed E-state index contributed by atoms with van der Waals surface area (Å²) in [4.78, 5) is 37.7. The fourth-order valence-electron chi connectivity index (χ4n) is 5.78. The Hall–Kier alpha value is -1.87. The van der Waals surface area contributed by atoms with Crippen LogP contribution in [0.25, 0.3) is 0 Å². The molecule has 0 aromatic rings. The monoisotopic (exact) mass is 621 g/mol. The predicted molar refractivity (Wildman–Crippen MR) is 136 cm³/mol. The quantitative estimate of drug-likeness (QED) is 0.119. The average molecular weight is 622 g/mol. The smallest absolute Gasteiger partial charge is 0.432 e. The van der Waals surface area contributed by atoms with Crippen LogP contribution in [0.4, 0.5) is 22.0 Å². The molecule has 0 radical (unpaired) electrons. The second-order valence-electron chi connectivity index (χ2n) is 11.7. The van der Waals surface area contributed by atoms with Crippen molar-refractivity contribution in [3.05, 3.63) is 0 Å². The van der Waals surface area contributed by atoms with Gasteiger partial charge in [-0.1, -0.05) is 46.5 Å². The Kier molecular flexibility index (Phi) is 11.4. The number of rotatable bonds is 14. The molecule has 2 aliphatic carbocycles.